The van der Waals surface area contributed by atoms with Crippen LogP contribution < -0.4 is 9.47 Å². The van der Waals surface area contributed by atoms with Crippen LogP contribution in [-0.2, 0) is 6.42 Å². The van der Waals surface area contributed by atoms with E-state index in [1.54, 1.807) is 25.3 Å². The Hall–Kier alpha value is -1.81. The first kappa shape index (κ1) is 15.6. The molecule has 2 rings (SSSR count). The molecular formula is C16H15ClF2O2. The molecule has 0 heterocycles. The number of ether oxygens (including phenoxy) is 2. The Labute approximate surface area is 127 Å². The molecule has 2 aromatic rings. The molecule has 112 valence electrons. The molecule has 0 aromatic heterocycles. The number of hydrogen-bond acceptors (Lipinski definition) is 2. The second-order valence-electron chi connectivity index (χ2n) is 4.44. The molecule has 0 spiro atoms. The van der Waals surface area contributed by atoms with Gasteiger partial charge in [-0.15, -0.1) is 11.6 Å². The highest BCUT2D eigenvalue weighted by Crippen LogP contribution is 2.33. The molecule has 0 aliphatic rings. The Kier molecular flexibility index (Phi) is 5.39. The van der Waals surface area contributed by atoms with Gasteiger partial charge in [-0.05, 0) is 30.2 Å². The Morgan fingerprint density at radius 2 is 1.71 bits per heavy atom. The van der Waals surface area contributed by atoms with Crippen molar-refractivity contribution in [1.82, 2.24) is 0 Å². The quantitative estimate of drug-likeness (QED) is 0.712. The SMILES string of the molecule is COc1ccc(CC(Cl)c2ccccc2OC(F)F)cc1. The van der Waals surface area contributed by atoms with Crippen molar-refractivity contribution in [3.8, 4) is 11.5 Å². The largest absolute Gasteiger partial charge is 0.497 e. The molecule has 21 heavy (non-hydrogen) atoms. The molecule has 1 unspecified atom stereocenters. The Morgan fingerprint density at radius 1 is 1.05 bits per heavy atom. The molecule has 0 N–H and O–H groups in total. The van der Waals surface area contributed by atoms with Crippen molar-refractivity contribution >= 4 is 11.6 Å². The molecule has 0 aliphatic carbocycles. The highest BCUT2D eigenvalue weighted by molar-refractivity contribution is 6.21. The third-order valence-electron chi connectivity index (χ3n) is 3.05. The van der Waals surface area contributed by atoms with E-state index in [2.05, 4.69) is 4.74 Å². The van der Waals surface area contributed by atoms with Crippen LogP contribution in [0.25, 0.3) is 0 Å². The number of halogens is 3. The van der Waals surface area contributed by atoms with Gasteiger partial charge in [-0.3, -0.25) is 0 Å². The van der Waals surface area contributed by atoms with Crippen LogP contribution in [0.3, 0.4) is 0 Å². The maximum Gasteiger partial charge on any atom is 0.387 e. The minimum Gasteiger partial charge on any atom is -0.497 e. The van der Waals surface area contributed by atoms with Crippen LogP contribution in [0.15, 0.2) is 48.5 Å². The van der Waals surface area contributed by atoms with Gasteiger partial charge in [-0.25, -0.2) is 0 Å². The molecule has 2 aromatic carbocycles. The van der Waals surface area contributed by atoms with Gasteiger partial charge in [-0.2, -0.15) is 8.78 Å². The topological polar surface area (TPSA) is 18.5 Å². The lowest BCUT2D eigenvalue weighted by atomic mass is 10.0. The van der Waals surface area contributed by atoms with Crippen LogP contribution in [0.1, 0.15) is 16.5 Å². The lowest BCUT2D eigenvalue weighted by Gasteiger charge is -2.15. The molecule has 0 bridgehead atoms. The van der Waals surface area contributed by atoms with E-state index in [-0.39, 0.29) is 5.75 Å². The lowest BCUT2D eigenvalue weighted by molar-refractivity contribution is -0.0504. The number of hydrogen-bond donors (Lipinski definition) is 0. The van der Waals surface area contributed by atoms with Gasteiger partial charge in [0.2, 0.25) is 0 Å². The molecule has 1 atom stereocenters. The summed E-state index contributed by atoms with van der Waals surface area (Å²) in [5.41, 5.74) is 1.54. The molecule has 0 saturated carbocycles. The molecule has 0 radical (unpaired) electrons. The van der Waals surface area contributed by atoms with E-state index < -0.39 is 12.0 Å². The standard InChI is InChI=1S/C16H15ClF2O2/c1-20-12-8-6-11(7-9-12)10-14(17)13-4-2-3-5-15(13)21-16(18)19/h2-9,14,16H,10H2,1H3. The number of methoxy groups -OCH3 is 1. The van der Waals surface area contributed by atoms with E-state index in [1.165, 1.54) is 6.07 Å². The summed E-state index contributed by atoms with van der Waals surface area (Å²) in [6, 6.07) is 14.0. The van der Waals surface area contributed by atoms with Crippen molar-refractivity contribution in [3.05, 3.63) is 59.7 Å². The summed E-state index contributed by atoms with van der Waals surface area (Å²) >= 11 is 6.35. The highest BCUT2D eigenvalue weighted by Gasteiger charge is 2.16. The number of alkyl halides is 3. The minimum atomic E-state index is -2.86. The fourth-order valence-electron chi connectivity index (χ4n) is 2.02. The molecule has 0 saturated heterocycles. The Bertz CT molecular complexity index is 573. The van der Waals surface area contributed by atoms with Gasteiger partial charge in [-0.1, -0.05) is 30.3 Å². The van der Waals surface area contributed by atoms with Crippen LogP contribution in [-0.4, -0.2) is 13.7 Å². The van der Waals surface area contributed by atoms with Gasteiger partial charge in [0.15, 0.2) is 0 Å². The number of benzene rings is 2. The third kappa shape index (κ3) is 4.33. The predicted octanol–water partition coefficient (Wildman–Crippen LogP) is 4.82. The van der Waals surface area contributed by atoms with Crippen LogP contribution in [0, 0.1) is 0 Å². The summed E-state index contributed by atoms with van der Waals surface area (Å²) in [5, 5.41) is -0.451. The summed E-state index contributed by atoms with van der Waals surface area (Å²) in [6.07, 6.45) is 0.509. The monoisotopic (exact) mass is 312 g/mol. The zero-order valence-corrected chi connectivity index (χ0v) is 12.2. The van der Waals surface area contributed by atoms with E-state index in [1.807, 2.05) is 24.3 Å². The zero-order valence-electron chi connectivity index (χ0n) is 11.4. The molecule has 5 heteroatoms. The van der Waals surface area contributed by atoms with E-state index in [0.717, 1.165) is 11.3 Å². The second kappa shape index (κ2) is 7.27. The van der Waals surface area contributed by atoms with Crippen molar-refractivity contribution < 1.29 is 18.3 Å². The summed E-state index contributed by atoms with van der Waals surface area (Å²) in [5.74, 6) is 0.868. The molecule has 2 nitrogen and oxygen atoms in total. The first-order valence-electron chi connectivity index (χ1n) is 6.41. The number of rotatable bonds is 6. The number of para-hydroxylation sites is 1. The third-order valence-corrected chi connectivity index (χ3v) is 3.44. The van der Waals surface area contributed by atoms with Crippen molar-refractivity contribution in [3.63, 3.8) is 0 Å². The van der Waals surface area contributed by atoms with Crippen molar-refractivity contribution in [2.75, 3.05) is 7.11 Å². The van der Waals surface area contributed by atoms with Gasteiger partial charge < -0.3 is 9.47 Å². The van der Waals surface area contributed by atoms with E-state index in [4.69, 9.17) is 16.3 Å². The summed E-state index contributed by atoms with van der Waals surface area (Å²) in [4.78, 5) is 0. The summed E-state index contributed by atoms with van der Waals surface area (Å²) in [6.45, 7) is -2.86. The zero-order chi connectivity index (χ0) is 15.2. The van der Waals surface area contributed by atoms with Crippen LogP contribution in [0.4, 0.5) is 8.78 Å². The molecule has 0 amide bonds. The fraction of sp³-hybridized carbons (Fsp3) is 0.250. The van der Waals surface area contributed by atoms with E-state index in [0.29, 0.717) is 12.0 Å². The molecule has 0 aliphatic heterocycles. The average molecular weight is 313 g/mol. The van der Waals surface area contributed by atoms with Gasteiger partial charge in [0.1, 0.15) is 11.5 Å². The Morgan fingerprint density at radius 3 is 2.33 bits per heavy atom. The summed E-state index contributed by atoms with van der Waals surface area (Å²) < 4.78 is 34.4. The first-order valence-corrected chi connectivity index (χ1v) is 6.84. The minimum absolute atomic E-state index is 0.112. The first-order chi connectivity index (χ1) is 10.1. The van der Waals surface area contributed by atoms with Crippen LogP contribution in [0.5, 0.6) is 11.5 Å². The summed E-state index contributed by atoms with van der Waals surface area (Å²) in [7, 11) is 1.59. The van der Waals surface area contributed by atoms with Gasteiger partial charge in [0, 0.05) is 5.56 Å². The predicted molar refractivity (Wildman–Crippen MR) is 78.4 cm³/mol. The van der Waals surface area contributed by atoms with Crippen molar-refractivity contribution in [1.29, 1.82) is 0 Å². The van der Waals surface area contributed by atoms with Gasteiger partial charge in [0.05, 0.1) is 12.5 Å². The normalized spacial score (nSPS) is 12.2. The van der Waals surface area contributed by atoms with E-state index in [9.17, 15) is 8.78 Å². The van der Waals surface area contributed by atoms with Crippen LogP contribution >= 0.6 is 11.6 Å². The molecule has 0 fully saturated rings. The van der Waals surface area contributed by atoms with Crippen molar-refractivity contribution in [2.24, 2.45) is 0 Å². The molecular weight excluding hydrogens is 298 g/mol. The second-order valence-corrected chi connectivity index (χ2v) is 4.96. The smallest absolute Gasteiger partial charge is 0.387 e. The van der Waals surface area contributed by atoms with Gasteiger partial charge >= 0.3 is 6.61 Å². The maximum atomic E-state index is 12.4. The van der Waals surface area contributed by atoms with Gasteiger partial charge in [0.25, 0.3) is 0 Å². The maximum absolute atomic E-state index is 12.4. The van der Waals surface area contributed by atoms with Crippen LogP contribution in [0.2, 0.25) is 0 Å². The highest BCUT2D eigenvalue weighted by atomic mass is 35.5. The Balaban J connectivity index is 2.13. The fourth-order valence-corrected chi connectivity index (χ4v) is 2.38. The lowest BCUT2D eigenvalue weighted by Crippen LogP contribution is -2.06. The van der Waals surface area contributed by atoms with Crippen molar-refractivity contribution in [2.45, 2.75) is 18.4 Å². The average Bonchev–Trinajstić information content (AvgIpc) is 2.48. The van der Waals surface area contributed by atoms with E-state index >= 15 is 0 Å².